The first-order valence-corrected chi connectivity index (χ1v) is 1.80. The second kappa shape index (κ2) is 1.33. The Morgan fingerprint density at radius 2 is 2.57 bits per heavy atom. The highest BCUT2D eigenvalue weighted by Gasteiger charge is 1.97. The quantitative estimate of drug-likeness (QED) is 0.484. The first-order valence-electron chi connectivity index (χ1n) is 1.80. The molecule has 0 saturated carbocycles. The van der Waals surface area contributed by atoms with Crippen LogP contribution in [-0.2, 0) is 0 Å². The Kier molecular flexibility index (Phi) is 0.817. The Morgan fingerprint density at radius 1 is 1.86 bits per heavy atom. The average Bonchev–Trinajstić information content (AvgIpc) is 1.91. The van der Waals surface area contributed by atoms with Gasteiger partial charge in [-0.25, -0.2) is 4.39 Å². The molecule has 0 bridgehead atoms. The zero-order chi connectivity index (χ0) is 5.28. The van der Waals surface area contributed by atoms with Crippen molar-refractivity contribution in [3.05, 3.63) is 17.8 Å². The zero-order valence-corrected chi connectivity index (χ0v) is 3.73. The van der Waals surface area contributed by atoms with Crippen LogP contribution in [0, 0.1) is 18.9 Å². The molecule has 0 amide bonds. The lowest BCUT2D eigenvalue weighted by Gasteiger charge is -1.71. The second-order valence-electron chi connectivity index (χ2n) is 1.16. The summed E-state index contributed by atoms with van der Waals surface area (Å²) in [7, 11) is 0. The predicted molar refractivity (Wildman–Crippen MR) is 20.0 cm³/mol. The van der Waals surface area contributed by atoms with Gasteiger partial charge in [0, 0.05) is 0 Å². The molecular weight excluding hydrogens is 97.0 g/mol. The van der Waals surface area contributed by atoms with E-state index < -0.39 is 5.82 Å². The van der Waals surface area contributed by atoms with Gasteiger partial charge in [0.15, 0.2) is 17.8 Å². The van der Waals surface area contributed by atoms with Gasteiger partial charge >= 0.3 is 0 Å². The van der Waals surface area contributed by atoms with E-state index >= 15 is 0 Å². The number of hydrogen-bond donors (Lipinski definition) is 0. The standard InChI is InChI=1S/C4H3FNO/c1-3-4(5)2-6-7-3/h1H3. The molecule has 0 saturated heterocycles. The van der Waals surface area contributed by atoms with Crippen LogP contribution in [0.1, 0.15) is 5.76 Å². The molecule has 3 heteroatoms. The van der Waals surface area contributed by atoms with Crippen molar-refractivity contribution in [3.63, 3.8) is 0 Å². The summed E-state index contributed by atoms with van der Waals surface area (Å²) in [5.74, 6) is -0.333. The topological polar surface area (TPSA) is 26.0 Å². The van der Waals surface area contributed by atoms with Gasteiger partial charge in [-0.1, -0.05) is 5.16 Å². The number of nitrogens with zero attached hydrogens (tertiary/aromatic N) is 1. The molecule has 37 valence electrons. The maximum Gasteiger partial charge on any atom is 0.195 e. The van der Waals surface area contributed by atoms with Crippen LogP contribution in [0.25, 0.3) is 0 Å². The minimum absolute atomic E-state index is 0.181. The maximum atomic E-state index is 11.9. The monoisotopic (exact) mass is 100 g/mol. The van der Waals surface area contributed by atoms with E-state index in [1.807, 2.05) is 6.20 Å². The van der Waals surface area contributed by atoms with Crippen LogP contribution in [0.15, 0.2) is 4.52 Å². The van der Waals surface area contributed by atoms with Crippen molar-refractivity contribution in [3.8, 4) is 0 Å². The second-order valence-corrected chi connectivity index (χ2v) is 1.16. The summed E-state index contributed by atoms with van der Waals surface area (Å²) in [6.07, 6.45) is 1.98. The van der Waals surface area contributed by atoms with Crippen LogP contribution in [0.3, 0.4) is 0 Å². The summed E-state index contributed by atoms with van der Waals surface area (Å²) < 4.78 is 16.2. The third-order valence-corrected chi connectivity index (χ3v) is 0.635. The van der Waals surface area contributed by atoms with Gasteiger partial charge in [-0.05, 0) is 6.92 Å². The van der Waals surface area contributed by atoms with E-state index in [4.69, 9.17) is 0 Å². The van der Waals surface area contributed by atoms with Crippen LogP contribution in [0.2, 0.25) is 0 Å². The molecular formula is C4H3FNO. The normalized spacial score (nSPS) is 9.43. The van der Waals surface area contributed by atoms with E-state index in [-0.39, 0.29) is 5.76 Å². The average molecular weight is 100 g/mol. The molecule has 1 aromatic rings. The zero-order valence-electron chi connectivity index (χ0n) is 3.73. The van der Waals surface area contributed by atoms with Gasteiger partial charge in [-0.2, -0.15) is 0 Å². The first-order chi connectivity index (χ1) is 3.30. The third-order valence-electron chi connectivity index (χ3n) is 0.635. The molecule has 0 aromatic carbocycles. The molecule has 0 N–H and O–H groups in total. The van der Waals surface area contributed by atoms with Gasteiger partial charge in [0.2, 0.25) is 0 Å². The summed E-state index contributed by atoms with van der Waals surface area (Å²) in [4.78, 5) is 0. The van der Waals surface area contributed by atoms with Crippen molar-refractivity contribution in [2.75, 3.05) is 0 Å². The maximum absolute atomic E-state index is 11.9. The first kappa shape index (κ1) is 4.30. The Balaban J connectivity index is 3.12. The molecule has 0 atom stereocenters. The van der Waals surface area contributed by atoms with Crippen LogP contribution >= 0.6 is 0 Å². The van der Waals surface area contributed by atoms with E-state index in [1.54, 1.807) is 0 Å². The van der Waals surface area contributed by atoms with Crippen molar-refractivity contribution < 1.29 is 8.91 Å². The lowest BCUT2D eigenvalue weighted by atomic mass is 10.5. The smallest absolute Gasteiger partial charge is 0.195 e. The molecule has 0 aliphatic carbocycles. The fraction of sp³-hybridized carbons (Fsp3) is 0.250. The van der Waals surface area contributed by atoms with Crippen molar-refractivity contribution in [2.24, 2.45) is 0 Å². The van der Waals surface area contributed by atoms with E-state index in [1.165, 1.54) is 6.92 Å². The Morgan fingerprint density at radius 3 is 2.71 bits per heavy atom. The number of rotatable bonds is 0. The Bertz CT molecular complexity index is 144. The molecule has 0 aliphatic heterocycles. The van der Waals surface area contributed by atoms with E-state index in [0.29, 0.717) is 0 Å². The molecule has 0 fully saturated rings. The highest BCUT2D eigenvalue weighted by Crippen LogP contribution is 1.99. The molecule has 0 spiro atoms. The number of aryl methyl sites for hydroxylation is 1. The van der Waals surface area contributed by atoms with Gasteiger partial charge in [-0.15, -0.1) is 0 Å². The van der Waals surface area contributed by atoms with E-state index in [9.17, 15) is 4.39 Å². The van der Waals surface area contributed by atoms with Gasteiger partial charge in [-0.3, -0.25) is 0 Å². The van der Waals surface area contributed by atoms with Crippen LogP contribution in [-0.4, -0.2) is 5.16 Å². The fourth-order valence-electron chi connectivity index (χ4n) is 0.250. The molecule has 0 unspecified atom stereocenters. The van der Waals surface area contributed by atoms with Crippen molar-refractivity contribution in [2.45, 2.75) is 6.92 Å². The summed E-state index contributed by atoms with van der Waals surface area (Å²) in [5.41, 5.74) is 0. The molecule has 1 aromatic heterocycles. The minimum atomic E-state index is -0.514. The van der Waals surface area contributed by atoms with Crippen molar-refractivity contribution >= 4 is 0 Å². The molecule has 1 heterocycles. The van der Waals surface area contributed by atoms with Gasteiger partial charge in [0.25, 0.3) is 0 Å². The van der Waals surface area contributed by atoms with Gasteiger partial charge in [0.1, 0.15) is 0 Å². The van der Waals surface area contributed by atoms with Crippen LogP contribution < -0.4 is 0 Å². The molecule has 1 rings (SSSR count). The van der Waals surface area contributed by atoms with Crippen molar-refractivity contribution in [1.82, 2.24) is 5.16 Å². The summed E-state index contributed by atoms with van der Waals surface area (Å²) >= 11 is 0. The molecule has 1 radical (unpaired) electrons. The SMILES string of the molecule is Cc1on[c]c1F. The van der Waals surface area contributed by atoms with Gasteiger partial charge < -0.3 is 4.52 Å². The summed E-state index contributed by atoms with van der Waals surface area (Å²) in [5, 5.41) is 3.05. The lowest BCUT2D eigenvalue weighted by Crippen LogP contribution is -1.65. The Hall–Kier alpha value is -0.860. The fourth-order valence-corrected chi connectivity index (χ4v) is 0.250. The molecule has 2 nitrogen and oxygen atoms in total. The highest BCUT2D eigenvalue weighted by molar-refractivity contribution is 4.91. The van der Waals surface area contributed by atoms with Crippen LogP contribution in [0.5, 0.6) is 0 Å². The summed E-state index contributed by atoms with van der Waals surface area (Å²) in [6.45, 7) is 1.48. The number of hydrogen-bond acceptors (Lipinski definition) is 2. The van der Waals surface area contributed by atoms with Gasteiger partial charge in [0.05, 0.1) is 0 Å². The minimum Gasteiger partial charge on any atom is -0.358 e. The number of aromatic nitrogens is 1. The van der Waals surface area contributed by atoms with E-state index in [0.717, 1.165) is 0 Å². The molecule has 7 heavy (non-hydrogen) atoms. The largest absolute Gasteiger partial charge is 0.358 e. The van der Waals surface area contributed by atoms with E-state index in [2.05, 4.69) is 9.68 Å². The molecule has 0 aliphatic rings. The Labute approximate surface area is 39.9 Å². The van der Waals surface area contributed by atoms with Crippen molar-refractivity contribution in [1.29, 1.82) is 0 Å². The lowest BCUT2D eigenvalue weighted by molar-refractivity contribution is 0.388. The third kappa shape index (κ3) is 0.607. The summed E-state index contributed by atoms with van der Waals surface area (Å²) in [6, 6.07) is 0. The predicted octanol–water partition coefficient (Wildman–Crippen LogP) is 0.922. The number of halogens is 1. The highest BCUT2D eigenvalue weighted by atomic mass is 19.1. The van der Waals surface area contributed by atoms with Crippen LogP contribution in [0.4, 0.5) is 4.39 Å².